The van der Waals surface area contributed by atoms with Crippen LogP contribution < -0.4 is 5.32 Å². The Morgan fingerprint density at radius 1 is 1.29 bits per heavy atom. The highest BCUT2D eigenvalue weighted by atomic mass is 35.5. The van der Waals surface area contributed by atoms with Crippen LogP contribution in [0.3, 0.4) is 0 Å². The van der Waals surface area contributed by atoms with Crippen molar-refractivity contribution in [2.24, 2.45) is 0 Å². The number of hydrogen-bond acceptors (Lipinski definition) is 2. The molecule has 0 bridgehead atoms. The highest BCUT2D eigenvalue weighted by Gasteiger charge is 2.08. The molecule has 0 unspecified atom stereocenters. The van der Waals surface area contributed by atoms with Crippen LogP contribution in [0.4, 0.5) is 10.1 Å². The van der Waals surface area contributed by atoms with E-state index in [1.54, 1.807) is 18.2 Å². The van der Waals surface area contributed by atoms with Crippen molar-refractivity contribution < 1.29 is 14.3 Å². The first-order valence-corrected chi connectivity index (χ1v) is 6.44. The van der Waals surface area contributed by atoms with E-state index in [2.05, 4.69) is 17.2 Å². The van der Waals surface area contributed by atoms with Gasteiger partial charge >= 0.3 is 0 Å². The molecular weight excluding hydrogens is 293 g/mol. The van der Waals surface area contributed by atoms with Crippen LogP contribution in [0.15, 0.2) is 42.5 Å². The Morgan fingerprint density at radius 2 is 2.10 bits per heavy atom. The molecule has 3 nitrogen and oxygen atoms in total. The van der Waals surface area contributed by atoms with Crippen LogP contribution in [0, 0.1) is 17.7 Å². The van der Waals surface area contributed by atoms with Gasteiger partial charge in [-0.1, -0.05) is 29.5 Å². The van der Waals surface area contributed by atoms with E-state index < -0.39 is 11.7 Å². The van der Waals surface area contributed by atoms with Crippen LogP contribution in [0.25, 0.3) is 0 Å². The van der Waals surface area contributed by atoms with E-state index in [4.69, 9.17) is 16.7 Å². The topological polar surface area (TPSA) is 49.3 Å². The van der Waals surface area contributed by atoms with Gasteiger partial charge in [-0.25, -0.2) is 4.39 Å². The Balaban J connectivity index is 2.18. The molecule has 5 heteroatoms. The lowest BCUT2D eigenvalue weighted by Crippen LogP contribution is -2.12. The Bertz CT molecular complexity index is 735. The van der Waals surface area contributed by atoms with Crippen molar-refractivity contribution in [3.63, 3.8) is 0 Å². The van der Waals surface area contributed by atoms with E-state index in [1.165, 1.54) is 24.3 Å². The summed E-state index contributed by atoms with van der Waals surface area (Å²) < 4.78 is 13.0. The standard InChI is InChI=1S/C16H11ClFNO2/c17-15-9-12(7-6-11(15)3-2-8-20)16(21)19-14-5-1-4-13(18)10-14/h1,4-7,9-10,20H,8H2,(H,19,21). The molecule has 0 aliphatic rings. The lowest BCUT2D eigenvalue weighted by atomic mass is 10.1. The van der Waals surface area contributed by atoms with Gasteiger partial charge in [0.2, 0.25) is 0 Å². The van der Waals surface area contributed by atoms with E-state index in [9.17, 15) is 9.18 Å². The van der Waals surface area contributed by atoms with Crippen LogP contribution in [0.2, 0.25) is 5.02 Å². The maximum atomic E-state index is 13.0. The smallest absolute Gasteiger partial charge is 0.255 e. The molecule has 0 saturated heterocycles. The minimum Gasteiger partial charge on any atom is -0.384 e. The zero-order valence-electron chi connectivity index (χ0n) is 10.9. The highest BCUT2D eigenvalue weighted by molar-refractivity contribution is 6.32. The number of aliphatic hydroxyl groups excluding tert-OH is 1. The van der Waals surface area contributed by atoms with Crippen molar-refractivity contribution in [2.75, 3.05) is 11.9 Å². The second kappa shape index (κ2) is 6.89. The van der Waals surface area contributed by atoms with Crippen molar-refractivity contribution in [2.45, 2.75) is 0 Å². The average molecular weight is 304 g/mol. The molecule has 0 aliphatic heterocycles. The fraction of sp³-hybridized carbons (Fsp3) is 0.0625. The quantitative estimate of drug-likeness (QED) is 0.838. The molecule has 0 atom stereocenters. The van der Waals surface area contributed by atoms with Crippen molar-refractivity contribution in [1.29, 1.82) is 0 Å². The first kappa shape index (κ1) is 15.0. The summed E-state index contributed by atoms with van der Waals surface area (Å²) >= 11 is 6.01. The predicted molar refractivity (Wildman–Crippen MR) is 79.8 cm³/mol. The summed E-state index contributed by atoms with van der Waals surface area (Å²) in [7, 11) is 0. The molecule has 2 aromatic carbocycles. The number of rotatable bonds is 2. The number of carbonyl (C=O) groups is 1. The maximum Gasteiger partial charge on any atom is 0.255 e. The van der Waals surface area contributed by atoms with Crippen LogP contribution in [0.5, 0.6) is 0 Å². The predicted octanol–water partition coefficient (Wildman–Crippen LogP) is 3.08. The van der Waals surface area contributed by atoms with Crippen LogP contribution >= 0.6 is 11.6 Å². The van der Waals surface area contributed by atoms with E-state index in [-0.39, 0.29) is 6.61 Å². The van der Waals surface area contributed by atoms with Crippen molar-refractivity contribution in [3.8, 4) is 11.8 Å². The summed E-state index contributed by atoms with van der Waals surface area (Å²) in [4.78, 5) is 12.0. The van der Waals surface area contributed by atoms with Gasteiger partial charge in [0, 0.05) is 16.8 Å². The van der Waals surface area contributed by atoms with Crippen molar-refractivity contribution in [1.82, 2.24) is 0 Å². The number of aliphatic hydroxyl groups is 1. The summed E-state index contributed by atoms with van der Waals surface area (Å²) in [5, 5.41) is 11.5. The first-order chi connectivity index (χ1) is 10.1. The summed E-state index contributed by atoms with van der Waals surface area (Å²) in [5.74, 6) is 4.32. The van der Waals surface area contributed by atoms with Crippen molar-refractivity contribution in [3.05, 3.63) is 64.4 Å². The second-order valence-corrected chi connectivity index (χ2v) is 4.53. The van der Waals surface area contributed by atoms with Gasteiger partial charge in [0.05, 0.1) is 5.02 Å². The van der Waals surface area contributed by atoms with E-state index in [0.29, 0.717) is 21.8 Å². The average Bonchev–Trinajstić information content (AvgIpc) is 2.46. The Hall–Kier alpha value is -2.35. The third kappa shape index (κ3) is 4.06. The van der Waals surface area contributed by atoms with Gasteiger partial charge in [0.15, 0.2) is 0 Å². The zero-order chi connectivity index (χ0) is 15.2. The molecule has 2 rings (SSSR count). The second-order valence-electron chi connectivity index (χ2n) is 4.12. The molecule has 0 fully saturated rings. The number of anilines is 1. The third-order valence-corrected chi connectivity index (χ3v) is 2.93. The van der Waals surface area contributed by atoms with Crippen molar-refractivity contribution >= 4 is 23.2 Å². The van der Waals surface area contributed by atoms with Gasteiger partial charge in [-0.05, 0) is 36.4 Å². The van der Waals surface area contributed by atoms with Gasteiger partial charge in [-0.2, -0.15) is 0 Å². The van der Waals surface area contributed by atoms with Crippen LogP contribution in [0.1, 0.15) is 15.9 Å². The largest absolute Gasteiger partial charge is 0.384 e. The Labute approximate surface area is 126 Å². The van der Waals surface area contributed by atoms with Gasteiger partial charge < -0.3 is 10.4 Å². The number of nitrogens with one attached hydrogen (secondary N) is 1. The molecule has 1 amide bonds. The number of amides is 1. The summed E-state index contributed by atoms with van der Waals surface area (Å²) in [6.07, 6.45) is 0. The molecule has 2 N–H and O–H groups in total. The van der Waals surface area contributed by atoms with Crippen LogP contribution in [-0.2, 0) is 0 Å². The third-order valence-electron chi connectivity index (χ3n) is 2.62. The normalized spacial score (nSPS) is 9.67. The molecule has 106 valence electrons. The fourth-order valence-electron chi connectivity index (χ4n) is 1.66. The SMILES string of the molecule is O=C(Nc1cccc(F)c1)c1ccc(C#CCO)c(Cl)c1. The molecule has 2 aromatic rings. The zero-order valence-corrected chi connectivity index (χ0v) is 11.6. The van der Waals surface area contributed by atoms with E-state index in [1.807, 2.05) is 0 Å². The highest BCUT2D eigenvalue weighted by Crippen LogP contribution is 2.18. The number of carbonyl (C=O) groups excluding carboxylic acids is 1. The minimum atomic E-state index is -0.430. The Morgan fingerprint density at radius 3 is 2.76 bits per heavy atom. The van der Waals surface area contributed by atoms with Crippen LogP contribution in [-0.4, -0.2) is 17.6 Å². The molecule has 21 heavy (non-hydrogen) atoms. The van der Waals surface area contributed by atoms with E-state index in [0.717, 1.165) is 0 Å². The molecule has 0 radical (unpaired) electrons. The molecular formula is C16H11ClFNO2. The number of halogens is 2. The molecule has 0 saturated carbocycles. The lowest BCUT2D eigenvalue weighted by Gasteiger charge is -2.06. The van der Waals surface area contributed by atoms with Gasteiger partial charge in [-0.3, -0.25) is 4.79 Å². The minimum absolute atomic E-state index is 0.266. The van der Waals surface area contributed by atoms with E-state index >= 15 is 0 Å². The lowest BCUT2D eigenvalue weighted by molar-refractivity contribution is 0.102. The Kier molecular flexibility index (Phi) is 4.94. The molecule has 0 heterocycles. The van der Waals surface area contributed by atoms with Gasteiger partial charge in [-0.15, -0.1) is 0 Å². The number of benzene rings is 2. The summed E-state index contributed by atoms with van der Waals surface area (Å²) in [6, 6.07) is 10.2. The van der Waals surface area contributed by atoms with Gasteiger partial charge in [0.1, 0.15) is 12.4 Å². The monoisotopic (exact) mass is 303 g/mol. The maximum absolute atomic E-state index is 13.0. The molecule has 0 spiro atoms. The fourth-order valence-corrected chi connectivity index (χ4v) is 1.89. The summed E-state index contributed by atoms with van der Waals surface area (Å²) in [6.45, 7) is -0.266. The first-order valence-electron chi connectivity index (χ1n) is 6.06. The number of hydrogen-bond donors (Lipinski definition) is 2. The molecule has 0 aromatic heterocycles. The molecule has 0 aliphatic carbocycles. The van der Waals surface area contributed by atoms with Gasteiger partial charge in [0.25, 0.3) is 5.91 Å². The summed E-state index contributed by atoms with van der Waals surface area (Å²) in [5.41, 5.74) is 1.21.